The number of benzene rings is 1. The summed E-state index contributed by atoms with van der Waals surface area (Å²) in [5, 5.41) is 4.12. The second kappa shape index (κ2) is 9.46. The van der Waals surface area contributed by atoms with Crippen molar-refractivity contribution < 1.29 is 4.74 Å². The average molecular weight is 319 g/mol. The first kappa shape index (κ1) is 17.6. The van der Waals surface area contributed by atoms with Crippen molar-refractivity contribution >= 4 is 24.0 Å². The van der Waals surface area contributed by atoms with E-state index in [2.05, 4.69) is 17.3 Å². The summed E-state index contributed by atoms with van der Waals surface area (Å²) < 4.78 is 5.71. The first-order valence-corrected chi connectivity index (χ1v) is 7.39. The van der Waals surface area contributed by atoms with Crippen molar-refractivity contribution in [1.82, 2.24) is 10.2 Å². The minimum Gasteiger partial charge on any atom is -0.492 e. The topological polar surface area (TPSA) is 24.5 Å². The Morgan fingerprint density at radius 3 is 2.80 bits per heavy atom. The fourth-order valence-electron chi connectivity index (χ4n) is 2.47. The lowest BCUT2D eigenvalue weighted by molar-refractivity contribution is 0.199. The van der Waals surface area contributed by atoms with Crippen LogP contribution in [0.25, 0.3) is 0 Å². The Bertz CT molecular complexity index is 384. The minimum absolute atomic E-state index is 0. The van der Waals surface area contributed by atoms with Crippen molar-refractivity contribution in [2.45, 2.75) is 12.8 Å². The highest BCUT2D eigenvalue weighted by Crippen LogP contribution is 2.17. The Kier molecular flexibility index (Phi) is 8.31. The molecule has 1 aliphatic heterocycles. The third kappa shape index (κ3) is 6.31. The number of halogens is 2. The summed E-state index contributed by atoms with van der Waals surface area (Å²) in [6.45, 7) is 5.16. The molecular weight excluding hydrogens is 295 g/mol. The van der Waals surface area contributed by atoms with E-state index >= 15 is 0 Å². The van der Waals surface area contributed by atoms with E-state index in [1.165, 1.54) is 19.4 Å². The van der Waals surface area contributed by atoms with E-state index in [1.807, 2.05) is 24.3 Å². The summed E-state index contributed by atoms with van der Waals surface area (Å²) >= 11 is 5.92. The monoisotopic (exact) mass is 318 g/mol. The quantitative estimate of drug-likeness (QED) is 0.872. The van der Waals surface area contributed by atoms with Crippen LogP contribution in [0.2, 0.25) is 5.02 Å². The molecule has 2 rings (SSSR count). The van der Waals surface area contributed by atoms with Crippen LogP contribution in [0, 0.1) is 5.92 Å². The maximum atomic E-state index is 5.92. The second-order valence-electron chi connectivity index (χ2n) is 5.26. The van der Waals surface area contributed by atoms with E-state index in [-0.39, 0.29) is 12.4 Å². The summed E-state index contributed by atoms with van der Waals surface area (Å²) in [6.07, 6.45) is 2.58. The van der Waals surface area contributed by atoms with E-state index in [4.69, 9.17) is 16.3 Å². The molecular formula is C15H24Cl2N2O. The molecule has 1 saturated heterocycles. The van der Waals surface area contributed by atoms with Crippen LogP contribution in [-0.2, 0) is 0 Å². The van der Waals surface area contributed by atoms with Gasteiger partial charge in [-0.15, -0.1) is 12.4 Å². The third-order valence-electron chi connectivity index (χ3n) is 3.57. The smallest absolute Gasteiger partial charge is 0.120 e. The van der Waals surface area contributed by atoms with Crippen molar-refractivity contribution in [2.75, 3.05) is 39.8 Å². The number of nitrogens with zero attached hydrogens (tertiary/aromatic N) is 1. The summed E-state index contributed by atoms with van der Waals surface area (Å²) in [6, 6.07) is 7.57. The molecule has 1 aromatic rings. The highest BCUT2D eigenvalue weighted by atomic mass is 35.5. The standard InChI is InChI=1S/C15H23ClN2O.ClH/c1-18(12-13-5-7-17-8-6-13)9-10-19-15-4-2-3-14(16)11-15;/h2-4,11,13,17H,5-10,12H2,1H3;1H. The van der Waals surface area contributed by atoms with Crippen LogP contribution >= 0.6 is 24.0 Å². The first-order chi connectivity index (χ1) is 9.24. The molecule has 1 fully saturated rings. The first-order valence-electron chi connectivity index (χ1n) is 7.01. The van der Waals surface area contributed by atoms with Crippen molar-refractivity contribution in [1.29, 1.82) is 0 Å². The zero-order valence-electron chi connectivity index (χ0n) is 12.0. The van der Waals surface area contributed by atoms with Gasteiger partial charge < -0.3 is 15.0 Å². The molecule has 0 atom stereocenters. The van der Waals surface area contributed by atoms with Crippen LogP contribution in [0.3, 0.4) is 0 Å². The lowest BCUT2D eigenvalue weighted by Gasteiger charge is -2.27. The summed E-state index contributed by atoms with van der Waals surface area (Å²) in [5.74, 6) is 1.68. The van der Waals surface area contributed by atoms with E-state index in [1.54, 1.807) is 0 Å². The van der Waals surface area contributed by atoms with Crippen molar-refractivity contribution in [3.8, 4) is 5.75 Å². The number of nitrogens with one attached hydrogen (secondary N) is 1. The molecule has 0 aromatic heterocycles. The van der Waals surface area contributed by atoms with Crippen LogP contribution < -0.4 is 10.1 Å². The molecule has 0 radical (unpaired) electrons. The van der Waals surface area contributed by atoms with Gasteiger partial charge in [0.15, 0.2) is 0 Å². The molecule has 0 saturated carbocycles. The molecule has 114 valence electrons. The van der Waals surface area contributed by atoms with Crippen molar-refractivity contribution in [3.05, 3.63) is 29.3 Å². The van der Waals surface area contributed by atoms with Gasteiger partial charge in [-0.1, -0.05) is 17.7 Å². The van der Waals surface area contributed by atoms with Gasteiger partial charge in [0, 0.05) is 18.1 Å². The molecule has 1 aromatic carbocycles. The molecule has 20 heavy (non-hydrogen) atoms. The molecule has 3 nitrogen and oxygen atoms in total. The number of rotatable bonds is 6. The second-order valence-corrected chi connectivity index (χ2v) is 5.70. The van der Waals surface area contributed by atoms with Gasteiger partial charge >= 0.3 is 0 Å². The number of hydrogen-bond acceptors (Lipinski definition) is 3. The molecule has 0 amide bonds. The van der Waals surface area contributed by atoms with Gasteiger partial charge in [-0.05, 0) is 57.1 Å². The van der Waals surface area contributed by atoms with Crippen LogP contribution in [-0.4, -0.2) is 44.7 Å². The Balaban J connectivity index is 0.00000200. The number of piperidine rings is 1. The van der Waals surface area contributed by atoms with E-state index in [0.29, 0.717) is 6.61 Å². The van der Waals surface area contributed by atoms with E-state index in [9.17, 15) is 0 Å². The third-order valence-corrected chi connectivity index (χ3v) is 3.80. The Labute approximate surface area is 133 Å². The minimum atomic E-state index is 0. The normalized spacial score (nSPS) is 15.9. The van der Waals surface area contributed by atoms with E-state index in [0.717, 1.165) is 36.3 Å². The molecule has 1 N–H and O–H groups in total. The van der Waals surface area contributed by atoms with Gasteiger partial charge in [0.1, 0.15) is 12.4 Å². The van der Waals surface area contributed by atoms with Crippen LogP contribution in [0.4, 0.5) is 0 Å². The number of ether oxygens (including phenoxy) is 1. The summed E-state index contributed by atoms with van der Waals surface area (Å²) in [4.78, 5) is 2.36. The predicted octanol–water partition coefficient (Wildman–Crippen LogP) is 3.07. The largest absolute Gasteiger partial charge is 0.492 e. The fraction of sp³-hybridized carbons (Fsp3) is 0.600. The van der Waals surface area contributed by atoms with Gasteiger partial charge in [-0.2, -0.15) is 0 Å². The zero-order chi connectivity index (χ0) is 13.5. The molecule has 0 spiro atoms. The maximum Gasteiger partial charge on any atom is 0.120 e. The van der Waals surface area contributed by atoms with Crippen molar-refractivity contribution in [2.24, 2.45) is 5.92 Å². The Morgan fingerprint density at radius 1 is 1.35 bits per heavy atom. The van der Waals surface area contributed by atoms with E-state index < -0.39 is 0 Å². The molecule has 1 heterocycles. The highest BCUT2D eigenvalue weighted by molar-refractivity contribution is 6.30. The molecule has 0 aliphatic carbocycles. The van der Waals surface area contributed by atoms with Gasteiger partial charge in [-0.25, -0.2) is 0 Å². The molecule has 0 bridgehead atoms. The van der Waals surface area contributed by atoms with Crippen LogP contribution in [0.5, 0.6) is 5.75 Å². The zero-order valence-corrected chi connectivity index (χ0v) is 13.6. The number of likely N-dealkylation sites (N-methyl/N-ethyl adjacent to an activating group) is 1. The van der Waals surface area contributed by atoms with Gasteiger partial charge in [0.25, 0.3) is 0 Å². The Morgan fingerprint density at radius 2 is 2.10 bits per heavy atom. The molecule has 0 unspecified atom stereocenters. The summed E-state index contributed by atoms with van der Waals surface area (Å²) in [7, 11) is 2.17. The highest BCUT2D eigenvalue weighted by Gasteiger charge is 2.14. The Hall–Kier alpha value is -0.480. The number of hydrogen-bond donors (Lipinski definition) is 1. The lowest BCUT2D eigenvalue weighted by atomic mass is 9.98. The van der Waals surface area contributed by atoms with Crippen LogP contribution in [0.15, 0.2) is 24.3 Å². The van der Waals surface area contributed by atoms with Crippen LogP contribution in [0.1, 0.15) is 12.8 Å². The molecule has 5 heteroatoms. The molecule has 1 aliphatic rings. The average Bonchev–Trinajstić information content (AvgIpc) is 2.40. The van der Waals surface area contributed by atoms with Gasteiger partial charge in [0.05, 0.1) is 0 Å². The predicted molar refractivity (Wildman–Crippen MR) is 87.3 cm³/mol. The summed E-state index contributed by atoms with van der Waals surface area (Å²) in [5.41, 5.74) is 0. The fourth-order valence-corrected chi connectivity index (χ4v) is 2.65. The van der Waals surface area contributed by atoms with Crippen molar-refractivity contribution in [3.63, 3.8) is 0 Å². The van der Waals surface area contributed by atoms with Gasteiger partial charge in [0.2, 0.25) is 0 Å². The maximum absolute atomic E-state index is 5.92. The lowest BCUT2D eigenvalue weighted by Crippen LogP contribution is -2.36. The van der Waals surface area contributed by atoms with Gasteiger partial charge in [-0.3, -0.25) is 0 Å². The SMILES string of the molecule is CN(CCOc1cccc(Cl)c1)CC1CCNCC1.Cl.